The molecular formula is C23H25NO2S. The Morgan fingerprint density at radius 2 is 1.70 bits per heavy atom. The number of hydrogen-bond donors (Lipinski definition) is 0. The molecule has 0 fully saturated rings. The van der Waals surface area contributed by atoms with Crippen LogP contribution in [0.2, 0.25) is 0 Å². The number of sulfonamides is 1. The van der Waals surface area contributed by atoms with Gasteiger partial charge >= 0.3 is 0 Å². The van der Waals surface area contributed by atoms with Gasteiger partial charge in [0, 0.05) is 13.1 Å². The highest BCUT2D eigenvalue weighted by molar-refractivity contribution is 7.89. The van der Waals surface area contributed by atoms with Crippen molar-refractivity contribution in [1.29, 1.82) is 0 Å². The van der Waals surface area contributed by atoms with Crippen molar-refractivity contribution in [3.63, 3.8) is 0 Å². The van der Waals surface area contributed by atoms with Crippen LogP contribution in [0, 0.1) is 13.8 Å². The van der Waals surface area contributed by atoms with Crippen molar-refractivity contribution in [2.75, 3.05) is 13.1 Å². The summed E-state index contributed by atoms with van der Waals surface area (Å²) < 4.78 is 27.6. The maximum Gasteiger partial charge on any atom is 0.243 e. The van der Waals surface area contributed by atoms with E-state index in [1.165, 1.54) is 9.87 Å². The van der Waals surface area contributed by atoms with E-state index in [4.69, 9.17) is 0 Å². The molecule has 0 unspecified atom stereocenters. The third kappa shape index (κ3) is 4.29. The zero-order valence-corrected chi connectivity index (χ0v) is 16.9. The second-order valence-corrected chi connectivity index (χ2v) is 9.06. The van der Waals surface area contributed by atoms with E-state index in [1.54, 1.807) is 12.1 Å². The predicted octanol–water partition coefficient (Wildman–Crippen LogP) is 4.89. The predicted molar refractivity (Wildman–Crippen MR) is 112 cm³/mol. The summed E-state index contributed by atoms with van der Waals surface area (Å²) in [6, 6.07) is 15.2. The van der Waals surface area contributed by atoms with Crippen molar-refractivity contribution >= 4 is 16.1 Å². The molecule has 0 aliphatic carbocycles. The van der Waals surface area contributed by atoms with E-state index >= 15 is 0 Å². The molecule has 0 bridgehead atoms. The Morgan fingerprint density at radius 1 is 1.00 bits per heavy atom. The SMILES string of the molecule is C=C(C)C1=C(/C=C/c2cccc(C)c2)CN(S(=O)(=O)c2ccc(C)cc2)C1. The molecule has 0 radical (unpaired) electrons. The first-order chi connectivity index (χ1) is 12.8. The van der Waals surface area contributed by atoms with Crippen LogP contribution in [0.15, 0.2) is 82.8 Å². The number of nitrogens with zero attached hydrogens (tertiary/aromatic N) is 1. The van der Waals surface area contributed by atoms with E-state index in [1.807, 2.05) is 50.3 Å². The Bertz CT molecular complexity index is 1030. The van der Waals surface area contributed by atoms with E-state index in [9.17, 15) is 8.42 Å². The fraction of sp³-hybridized carbons (Fsp3) is 0.217. The second-order valence-electron chi connectivity index (χ2n) is 7.12. The van der Waals surface area contributed by atoms with Gasteiger partial charge in [0.1, 0.15) is 0 Å². The standard InChI is InChI=1S/C23H25NO2S/c1-17(2)23-16-24(27(25,26)22-12-8-18(3)9-13-22)15-21(23)11-10-20-7-5-6-19(4)14-20/h5-14H,1,15-16H2,2-4H3/b11-10+. The molecule has 1 heterocycles. The zero-order valence-electron chi connectivity index (χ0n) is 16.1. The topological polar surface area (TPSA) is 37.4 Å². The molecule has 2 aromatic rings. The van der Waals surface area contributed by atoms with Crippen molar-refractivity contribution in [2.24, 2.45) is 0 Å². The Balaban J connectivity index is 1.87. The molecule has 0 atom stereocenters. The van der Waals surface area contributed by atoms with E-state index in [0.29, 0.717) is 18.0 Å². The van der Waals surface area contributed by atoms with Gasteiger partial charge in [0.05, 0.1) is 4.90 Å². The van der Waals surface area contributed by atoms with Gasteiger partial charge in [-0.2, -0.15) is 4.31 Å². The molecule has 27 heavy (non-hydrogen) atoms. The number of rotatable bonds is 5. The lowest BCUT2D eigenvalue weighted by atomic mass is 10.0. The monoisotopic (exact) mass is 379 g/mol. The van der Waals surface area contributed by atoms with Gasteiger partial charge in [-0.15, -0.1) is 0 Å². The first kappa shape index (κ1) is 19.3. The first-order valence-corrected chi connectivity index (χ1v) is 10.4. The lowest BCUT2D eigenvalue weighted by Crippen LogP contribution is -2.29. The largest absolute Gasteiger partial charge is 0.243 e. The molecule has 0 saturated carbocycles. The van der Waals surface area contributed by atoms with Crippen molar-refractivity contribution in [2.45, 2.75) is 25.7 Å². The van der Waals surface area contributed by atoms with Gasteiger partial charge in [-0.05, 0) is 49.6 Å². The zero-order chi connectivity index (χ0) is 19.6. The molecule has 140 valence electrons. The minimum Gasteiger partial charge on any atom is -0.207 e. The van der Waals surface area contributed by atoms with Crippen LogP contribution >= 0.6 is 0 Å². The van der Waals surface area contributed by atoms with E-state index in [-0.39, 0.29) is 0 Å². The van der Waals surface area contributed by atoms with Gasteiger partial charge in [0.15, 0.2) is 0 Å². The smallest absolute Gasteiger partial charge is 0.207 e. The van der Waals surface area contributed by atoms with Crippen molar-refractivity contribution < 1.29 is 8.42 Å². The molecule has 0 spiro atoms. The van der Waals surface area contributed by atoms with Crippen LogP contribution in [0.4, 0.5) is 0 Å². The summed E-state index contributed by atoms with van der Waals surface area (Å²) in [7, 11) is -3.53. The van der Waals surface area contributed by atoms with Gasteiger partial charge in [-0.3, -0.25) is 0 Å². The average Bonchev–Trinajstić information content (AvgIpc) is 3.06. The summed E-state index contributed by atoms with van der Waals surface area (Å²) in [6.07, 6.45) is 4.05. The third-order valence-electron chi connectivity index (χ3n) is 4.76. The number of aryl methyl sites for hydroxylation is 2. The molecular weight excluding hydrogens is 354 g/mol. The van der Waals surface area contributed by atoms with Crippen LogP contribution in [0.1, 0.15) is 23.6 Å². The number of hydrogen-bond acceptors (Lipinski definition) is 2. The van der Waals surface area contributed by atoms with Crippen molar-refractivity contribution in [3.05, 3.63) is 94.6 Å². The molecule has 0 N–H and O–H groups in total. The molecule has 0 amide bonds. The highest BCUT2D eigenvalue weighted by Gasteiger charge is 2.31. The van der Waals surface area contributed by atoms with E-state index in [2.05, 4.69) is 25.6 Å². The first-order valence-electron chi connectivity index (χ1n) is 8.97. The Morgan fingerprint density at radius 3 is 2.33 bits per heavy atom. The Labute approximate surface area is 162 Å². The minimum atomic E-state index is -3.53. The van der Waals surface area contributed by atoms with Gasteiger partial charge in [0.25, 0.3) is 0 Å². The lowest BCUT2D eigenvalue weighted by molar-refractivity contribution is 0.483. The lowest BCUT2D eigenvalue weighted by Gasteiger charge is -2.17. The Hall–Kier alpha value is -2.43. The van der Waals surface area contributed by atoms with Crippen LogP contribution in [0.3, 0.4) is 0 Å². The minimum absolute atomic E-state index is 0.332. The highest BCUT2D eigenvalue weighted by Crippen LogP contribution is 2.29. The summed E-state index contributed by atoms with van der Waals surface area (Å²) in [4.78, 5) is 0.332. The highest BCUT2D eigenvalue weighted by atomic mass is 32.2. The summed E-state index contributed by atoms with van der Waals surface area (Å²) in [5.74, 6) is 0. The maximum atomic E-state index is 13.0. The van der Waals surface area contributed by atoms with Crippen molar-refractivity contribution in [3.8, 4) is 0 Å². The quantitative estimate of drug-likeness (QED) is 0.741. The summed E-state index contributed by atoms with van der Waals surface area (Å²) in [5, 5.41) is 0. The van der Waals surface area contributed by atoms with Crippen LogP contribution < -0.4 is 0 Å². The molecule has 1 aliphatic heterocycles. The normalized spacial score (nSPS) is 15.7. The Kier molecular flexibility index (Phi) is 5.49. The maximum absolute atomic E-state index is 13.0. The van der Waals surface area contributed by atoms with Gasteiger partial charge in [0.2, 0.25) is 10.0 Å². The molecule has 2 aromatic carbocycles. The van der Waals surface area contributed by atoms with E-state index < -0.39 is 10.0 Å². The summed E-state index contributed by atoms with van der Waals surface area (Å²) in [5.41, 5.74) is 6.23. The molecule has 1 aliphatic rings. The van der Waals surface area contributed by atoms with Gasteiger partial charge in [-0.25, -0.2) is 8.42 Å². The van der Waals surface area contributed by atoms with E-state index in [0.717, 1.165) is 27.8 Å². The molecule has 3 nitrogen and oxygen atoms in total. The second kappa shape index (κ2) is 7.67. The average molecular weight is 380 g/mol. The number of benzene rings is 2. The van der Waals surface area contributed by atoms with Crippen molar-refractivity contribution in [1.82, 2.24) is 4.31 Å². The molecule has 4 heteroatoms. The molecule has 0 saturated heterocycles. The van der Waals surface area contributed by atoms with Gasteiger partial charge < -0.3 is 0 Å². The van der Waals surface area contributed by atoms with Crippen LogP contribution in [-0.2, 0) is 10.0 Å². The summed E-state index contributed by atoms with van der Waals surface area (Å²) >= 11 is 0. The summed E-state index contributed by atoms with van der Waals surface area (Å²) in [6.45, 7) is 10.7. The van der Waals surface area contributed by atoms with Crippen LogP contribution in [0.5, 0.6) is 0 Å². The van der Waals surface area contributed by atoms with Gasteiger partial charge in [-0.1, -0.05) is 71.8 Å². The third-order valence-corrected chi connectivity index (χ3v) is 6.57. The fourth-order valence-corrected chi connectivity index (χ4v) is 4.57. The fourth-order valence-electron chi connectivity index (χ4n) is 3.18. The molecule has 0 aromatic heterocycles. The van der Waals surface area contributed by atoms with Crippen LogP contribution in [-0.4, -0.2) is 25.8 Å². The van der Waals surface area contributed by atoms with Crippen LogP contribution in [0.25, 0.3) is 6.08 Å². The molecule has 3 rings (SSSR count).